The molecule has 1 aromatic heterocycles. The molecule has 1 aliphatic heterocycles. The van der Waals surface area contributed by atoms with Gasteiger partial charge in [-0.2, -0.15) is 23.8 Å². The summed E-state index contributed by atoms with van der Waals surface area (Å²) in [6.45, 7) is 13.5. The zero-order chi connectivity index (χ0) is 36.5. The van der Waals surface area contributed by atoms with Gasteiger partial charge in [0.05, 0.1) is 0 Å². The van der Waals surface area contributed by atoms with Crippen LogP contribution in [0, 0.1) is 12.1 Å². The van der Waals surface area contributed by atoms with Crippen LogP contribution in [0.25, 0.3) is 55.8 Å². The summed E-state index contributed by atoms with van der Waals surface area (Å²) in [6, 6.07) is 55.9. The van der Waals surface area contributed by atoms with Gasteiger partial charge in [-0.3, -0.25) is 9.56 Å². The van der Waals surface area contributed by atoms with Crippen molar-refractivity contribution in [3.05, 3.63) is 180 Å². The van der Waals surface area contributed by atoms with Crippen molar-refractivity contribution >= 4 is 11.9 Å². The van der Waals surface area contributed by atoms with Gasteiger partial charge in [0.1, 0.15) is 0 Å². The monoisotopic (exact) mass is 877 g/mol. The first-order valence-electron chi connectivity index (χ1n) is 18.6. The molecule has 54 heavy (non-hydrogen) atoms. The molecular weight excluding hydrogens is 836 g/mol. The average Bonchev–Trinajstić information content (AvgIpc) is 3.59. The fourth-order valence-electron chi connectivity index (χ4n) is 8.06. The summed E-state index contributed by atoms with van der Waals surface area (Å²) in [6.07, 6.45) is 5.92. The normalized spacial score (nSPS) is 14.3. The quantitative estimate of drug-likeness (QED) is 0.128. The Labute approximate surface area is 334 Å². The Morgan fingerprint density at radius 2 is 1.13 bits per heavy atom. The number of hydrogen-bond donors (Lipinski definition) is 0. The minimum Gasteiger partial charge on any atom is -0.295 e. The van der Waals surface area contributed by atoms with Crippen LogP contribution in [0.4, 0.5) is 5.69 Å². The maximum absolute atomic E-state index is 4.80. The second kappa shape index (κ2) is 13.6. The van der Waals surface area contributed by atoms with Crippen molar-refractivity contribution in [2.45, 2.75) is 58.4 Å². The maximum atomic E-state index is 4.80. The standard InChI is InChI=1S/C51H42N2.Pt/c1-50(2,3)35-17-14-18-37(30-35)53-32-46-38(33-15-13-16-34(29-33)47-31-36(27-28-52-47)51(4,5)6)25-26-44-42-22-10-9-20-40(42)39-19-7-8-21-41(39)43-23-11-12-24-45(43)49(53)48(44)46;/h7-17,19-28,30-31,49H,1-6H3;/q-2;. The molecule has 3 heteroatoms. The summed E-state index contributed by atoms with van der Waals surface area (Å²) in [5.74, 6) is 0. The Morgan fingerprint density at radius 3 is 1.81 bits per heavy atom. The number of nitrogens with zero attached hydrogens (tertiary/aromatic N) is 2. The molecule has 0 amide bonds. The van der Waals surface area contributed by atoms with Crippen LogP contribution in [0.5, 0.6) is 0 Å². The largest absolute Gasteiger partial charge is 0.295 e. The van der Waals surface area contributed by atoms with E-state index in [0.29, 0.717) is 0 Å². The van der Waals surface area contributed by atoms with Crippen molar-refractivity contribution in [3.8, 4) is 55.8 Å². The van der Waals surface area contributed by atoms with Crippen molar-refractivity contribution in [2.24, 2.45) is 0 Å². The molecule has 0 fully saturated rings. The predicted octanol–water partition coefficient (Wildman–Crippen LogP) is 12.7. The van der Waals surface area contributed by atoms with Crippen LogP contribution in [0.3, 0.4) is 0 Å². The van der Waals surface area contributed by atoms with Gasteiger partial charge in [0.25, 0.3) is 0 Å². The molecule has 268 valence electrons. The summed E-state index contributed by atoms with van der Waals surface area (Å²) < 4.78 is 2.35. The van der Waals surface area contributed by atoms with Crippen LogP contribution in [0.2, 0.25) is 0 Å². The summed E-state index contributed by atoms with van der Waals surface area (Å²) in [5, 5.41) is 0. The molecule has 2 nitrogen and oxygen atoms in total. The second-order valence-electron chi connectivity index (χ2n) is 16.4. The molecule has 7 aromatic rings. The Bertz CT molecular complexity index is 2600. The maximum Gasteiger partial charge on any atom is 0.160 e. The zero-order valence-corrected chi connectivity index (χ0v) is 33.8. The topological polar surface area (TPSA) is 15.9 Å². The average molecular weight is 878 g/mol. The Balaban J connectivity index is 0.00000413. The first kappa shape index (κ1) is 35.8. The van der Waals surface area contributed by atoms with Crippen molar-refractivity contribution in [1.29, 1.82) is 0 Å². The molecular formula is C51H42N2Pt-2. The van der Waals surface area contributed by atoms with E-state index in [1.54, 1.807) is 0 Å². The zero-order valence-electron chi connectivity index (χ0n) is 31.6. The molecule has 2 aliphatic rings. The summed E-state index contributed by atoms with van der Waals surface area (Å²) in [7, 11) is 0. The number of fused-ring (bicyclic) bond motifs is 7. The molecule has 0 N–H and O–H groups in total. The third-order valence-corrected chi connectivity index (χ3v) is 10.9. The molecule has 0 saturated carbocycles. The second-order valence-corrected chi connectivity index (χ2v) is 16.4. The van der Waals surface area contributed by atoms with E-state index in [1.165, 1.54) is 55.6 Å². The fourth-order valence-corrected chi connectivity index (χ4v) is 8.06. The van der Waals surface area contributed by atoms with Crippen LogP contribution >= 0.6 is 0 Å². The van der Waals surface area contributed by atoms with Crippen LogP contribution in [0.1, 0.15) is 75.4 Å². The van der Waals surface area contributed by atoms with Gasteiger partial charge in [-0.05, 0) is 61.4 Å². The Hall–Kier alpha value is -5.17. The summed E-state index contributed by atoms with van der Waals surface area (Å²) >= 11 is 0. The summed E-state index contributed by atoms with van der Waals surface area (Å²) in [5.41, 5.74) is 18.5. The molecule has 9 rings (SSSR count). The minimum atomic E-state index is -0.143. The number of rotatable bonds is 3. The van der Waals surface area contributed by atoms with E-state index in [4.69, 9.17) is 4.98 Å². The smallest absolute Gasteiger partial charge is 0.160 e. The van der Waals surface area contributed by atoms with Gasteiger partial charge < -0.3 is 0 Å². The van der Waals surface area contributed by atoms with Crippen LogP contribution in [-0.4, -0.2) is 15.8 Å². The van der Waals surface area contributed by atoms with E-state index >= 15 is 0 Å². The molecule has 0 spiro atoms. The van der Waals surface area contributed by atoms with Crippen molar-refractivity contribution in [3.63, 3.8) is 0 Å². The van der Waals surface area contributed by atoms with E-state index in [1.807, 2.05) is 6.20 Å². The van der Waals surface area contributed by atoms with Gasteiger partial charge >= 0.3 is 0 Å². The predicted molar refractivity (Wildman–Crippen MR) is 219 cm³/mol. The van der Waals surface area contributed by atoms with Crippen molar-refractivity contribution in [2.75, 3.05) is 0 Å². The molecule has 2 heterocycles. The van der Waals surface area contributed by atoms with Crippen LogP contribution < -0.4 is 0 Å². The Morgan fingerprint density at radius 1 is 0.556 bits per heavy atom. The molecule has 0 saturated heterocycles. The molecule has 6 aromatic carbocycles. The van der Waals surface area contributed by atoms with Crippen molar-refractivity contribution in [1.82, 2.24) is 4.98 Å². The van der Waals surface area contributed by atoms with Crippen LogP contribution in [0.15, 0.2) is 140 Å². The third kappa shape index (κ3) is 6.11. The van der Waals surface area contributed by atoms with E-state index in [0.717, 1.165) is 33.6 Å². The first-order chi connectivity index (χ1) is 25.6. The van der Waals surface area contributed by atoms with Gasteiger partial charge in [-0.25, -0.2) is 0 Å². The molecule has 0 radical (unpaired) electrons. The number of hydrogen-bond acceptors (Lipinski definition) is 1. The van der Waals surface area contributed by atoms with Gasteiger partial charge in [0, 0.05) is 44.2 Å². The molecule has 1 atom stereocenters. The van der Waals surface area contributed by atoms with E-state index in [2.05, 4.69) is 198 Å². The van der Waals surface area contributed by atoms with E-state index in [-0.39, 0.29) is 37.9 Å². The Kier molecular flexibility index (Phi) is 9.02. The number of pyridine rings is 1. The molecule has 1 unspecified atom stereocenters. The number of aromatic nitrogens is 1. The first-order valence-corrected chi connectivity index (χ1v) is 18.6. The third-order valence-electron chi connectivity index (χ3n) is 10.9. The molecule has 1 aliphatic carbocycles. The van der Waals surface area contributed by atoms with Gasteiger partial charge in [0.15, 0.2) is 12.3 Å². The minimum absolute atomic E-state index is 0. The van der Waals surface area contributed by atoms with E-state index < -0.39 is 0 Å². The van der Waals surface area contributed by atoms with Gasteiger partial charge in [0.2, 0.25) is 0 Å². The SMILES string of the molecule is CC(C)(C)c1cc[c-]c([N+]2=[C-]c3c(-c4[c-]c(-c5cc(C(C)(C)C)ccn5)ccc4)ccc4c3C2c2ccccc2-c2ccccc2-c2ccccc2-4)c1.[Pt]. The number of benzene rings is 6. The molecule has 0 bridgehead atoms. The van der Waals surface area contributed by atoms with Gasteiger partial charge in [-0.15, -0.1) is 35.9 Å². The van der Waals surface area contributed by atoms with Crippen LogP contribution in [-0.2, 0) is 31.9 Å². The van der Waals surface area contributed by atoms with Gasteiger partial charge in [-0.1, -0.05) is 149 Å². The summed E-state index contributed by atoms with van der Waals surface area (Å²) in [4.78, 5) is 4.80. The van der Waals surface area contributed by atoms with Crippen molar-refractivity contribution < 1.29 is 25.6 Å². The fraction of sp³-hybridized carbons (Fsp3) is 0.176. The van der Waals surface area contributed by atoms with E-state index in [9.17, 15) is 0 Å².